The Hall–Kier alpha value is -6.68. The van der Waals surface area contributed by atoms with Crippen molar-refractivity contribution in [1.29, 1.82) is 0 Å². The van der Waals surface area contributed by atoms with E-state index in [0.717, 1.165) is 86.3 Å². The number of aromatic amines is 1. The zero-order valence-electron chi connectivity index (χ0n) is 37.8. The second-order valence-corrected chi connectivity index (χ2v) is 18.1. The number of pyridine rings is 1. The monoisotopic (exact) mass is 883 g/mol. The maximum Gasteiger partial charge on any atom is 0.321 e. The highest BCUT2D eigenvalue weighted by atomic mass is 19.1. The van der Waals surface area contributed by atoms with Crippen molar-refractivity contribution in [1.82, 2.24) is 40.9 Å². The number of amides is 3. The van der Waals surface area contributed by atoms with Crippen molar-refractivity contribution in [3.63, 3.8) is 0 Å². The minimum Gasteiger partial charge on any atom is -0.372 e. The Balaban J connectivity index is 0.816. The van der Waals surface area contributed by atoms with E-state index in [-0.39, 0.29) is 23.9 Å². The summed E-state index contributed by atoms with van der Waals surface area (Å²) in [4.78, 5) is 53.9. The highest BCUT2D eigenvalue weighted by molar-refractivity contribution is 5.94. The van der Waals surface area contributed by atoms with Crippen molar-refractivity contribution in [2.75, 3.05) is 67.6 Å². The highest BCUT2D eigenvalue weighted by Gasteiger charge is 2.27. The topological polar surface area (TPSA) is 169 Å². The molecule has 3 N–H and O–H groups in total. The number of benzene rings is 3. The number of halogens is 1. The minimum atomic E-state index is -0.570. The maximum absolute atomic E-state index is 15.4. The van der Waals surface area contributed by atoms with Crippen LogP contribution >= 0.6 is 0 Å². The van der Waals surface area contributed by atoms with Crippen LogP contribution in [0, 0.1) is 11.7 Å². The fourth-order valence-corrected chi connectivity index (χ4v) is 8.81. The van der Waals surface area contributed by atoms with Gasteiger partial charge in [-0.1, -0.05) is 50.2 Å². The predicted molar refractivity (Wildman–Crippen MR) is 251 cm³/mol. The third-order valence-electron chi connectivity index (χ3n) is 12.6. The molecule has 0 spiro atoms. The molecular formula is C49H58FN11O4. The Labute approximate surface area is 378 Å². The molecule has 16 heteroatoms. The number of aromatic nitrogens is 5. The lowest BCUT2D eigenvalue weighted by atomic mass is 9.92. The summed E-state index contributed by atoms with van der Waals surface area (Å²) in [7, 11) is 1.60. The van der Waals surface area contributed by atoms with E-state index in [1.54, 1.807) is 24.1 Å². The van der Waals surface area contributed by atoms with E-state index >= 15 is 4.39 Å². The summed E-state index contributed by atoms with van der Waals surface area (Å²) >= 11 is 0. The van der Waals surface area contributed by atoms with Crippen molar-refractivity contribution < 1.29 is 23.3 Å². The molecule has 2 fully saturated rings. The first-order valence-corrected chi connectivity index (χ1v) is 22.5. The van der Waals surface area contributed by atoms with Crippen molar-refractivity contribution >= 4 is 46.3 Å². The lowest BCUT2D eigenvalue weighted by Crippen LogP contribution is -2.52. The predicted octanol–water partition coefficient (Wildman–Crippen LogP) is 7.59. The van der Waals surface area contributed by atoms with Crippen LogP contribution in [0.3, 0.4) is 0 Å². The molecule has 65 heavy (non-hydrogen) atoms. The van der Waals surface area contributed by atoms with Crippen LogP contribution in [0.25, 0.3) is 33.4 Å². The second-order valence-electron chi connectivity index (χ2n) is 18.1. The molecule has 0 bridgehead atoms. The first kappa shape index (κ1) is 44.9. The standard InChI is InChI=1S/C49H58FN11O4/c1-32-31-58(21-17-33-18-22-59(23-19-33)38-13-15-40(16-14-38)61(20-6-26-62)48(64)51-5)24-25-60(32)39-11-9-34(10-12-39)37-27-41-43(55-56-44(41)52-30-37)35-7-8-36(42(50)28-35)29-53-45(63)46-54-47(57-65-46)49(2,3)4/h7-16,26-28,30,32-33H,6,17-25,29,31H2,1-5H3,(H,51,64)(H,53,63)(H,52,55,56). The molecule has 3 amide bonds. The molecule has 5 heterocycles. The van der Waals surface area contributed by atoms with Gasteiger partial charge in [-0.05, 0) is 92.7 Å². The summed E-state index contributed by atoms with van der Waals surface area (Å²) < 4.78 is 20.5. The van der Waals surface area contributed by atoms with Gasteiger partial charge in [0, 0.05) is 116 Å². The fraction of sp³-hybridized carbons (Fsp3) is 0.408. The smallest absolute Gasteiger partial charge is 0.321 e. The average Bonchev–Trinajstić information content (AvgIpc) is 4.00. The molecule has 2 saturated heterocycles. The number of anilines is 3. The zero-order chi connectivity index (χ0) is 45.7. The summed E-state index contributed by atoms with van der Waals surface area (Å²) in [5, 5.41) is 17.4. The molecule has 15 nitrogen and oxygen atoms in total. The van der Waals surface area contributed by atoms with Gasteiger partial charge in [-0.15, -0.1) is 0 Å². The van der Waals surface area contributed by atoms with Gasteiger partial charge in [0.1, 0.15) is 12.1 Å². The number of nitrogens with zero attached hydrogens (tertiary/aromatic N) is 8. The summed E-state index contributed by atoms with van der Waals surface area (Å²) in [6.07, 6.45) is 6.46. The van der Waals surface area contributed by atoms with Crippen LogP contribution in [0.4, 0.5) is 26.2 Å². The molecule has 0 radical (unpaired) electrons. The molecule has 340 valence electrons. The van der Waals surface area contributed by atoms with Gasteiger partial charge in [-0.3, -0.25) is 19.7 Å². The summed E-state index contributed by atoms with van der Waals surface area (Å²) in [5.41, 5.74) is 6.84. The summed E-state index contributed by atoms with van der Waals surface area (Å²) in [6.45, 7) is 14.5. The number of carbonyl (C=O) groups excluding carboxylic acids is 3. The average molecular weight is 884 g/mol. The number of piperidine rings is 1. The van der Waals surface area contributed by atoms with Gasteiger partial charge in [0.15, 0.2) is 11.5 Å². The molecule has 1 atom stereocenters. The molecule has 0 saturated carbocycles. The Kier molecular flexibility index (Phi) is 13.5. The van der Waals surface area contributed by atoms with Crippen molar-refractivity contribution in [3.05, 3.63) is 102 Å². The number of H-pyrrole nitrogens is 1. The van der Waals surface area contributed by atoms with E-state index in [0.29, 0.717) is 53.2 Å². The van der Waals surface area contributed by atoms with E-state index in [1.807, 2.05) is 45.2 Å². The van der Waals surface area contributed by atoms with Gasteiger partial charge in [0.05, 0.1) is 5.69 Å². The van der Waals surface area contributed by atoms with Crippen molar-refractivity contribution in [2.24, 2.45) is 5.92 Å². The van der Waals surface area contributed by atoms with Crippen molar-refractivity contribution in [3.8, 4) is 22.4 Å². The molecule has 2 aliphatic rings. The number of carbonyl (C=O) groups is 3. The largest absolute Gasteiger partial charge is 0.372 e. The van der Waals surface area contributed by atoms with Crippen LogP contribution in [-0.2, 0) is 16.8 Å². The number of fused-ring (bicyclic) bond motifs is 1. The van der Waals surface area contributed by atoms with E-state index in [4.69, 9.17) is 4.52 Å². The molecule has 0 aliphatic carbocycles. The zero-order valence-corrected chi connectivity index (χ0v) is 37.8. The van der Waals surface area contributed by atoms with Gasteiger partial charge < -0.3 is 29.8 Å². The normalized spacial score (nSPS) is 16.2. The van der Waals surface area contributed by atoms with Crippen LogP contribution in [0.2, 0.25) is 0 Å². The number of piperazine rings is 1. The van der Waals surface area contributed by atoms with Gasteiger partial charge in [0.25, 0.3) is 0 Å². The van der Waals surface area contributed by atoms with Gasteiger partial charge in [-0.25, -0.2) is 14.2 Å². The molecule has 1 unspecified atom stereocenters. The first-order valence-electron chi connectivity index (χ1n) is 22.5. The van der Waals surface area contributed by atoms with Crippen LogP contribution in [0.1, 0.15) is 75.5 Å². The van der Waals surface area contributed by atoms with E-state index in [1.165, 1.54) is 18.2 Å². The van der Waals surface area contributed by atoms with E-state index in [9.17, 15) is 14.4 Å². The van der Waals surface area contributed by atoms with Crippen molar-refractivity contribution in [2.45, 2.75) is 71.4 Å². The number of nitrogens with one attached hydrogen (secondary N) is 3. The SMILES string of the molecule is CNC(=O)N(CCC=O)c1ccc(N2CCC(CCN3CCN(c4ccc(-c5cnc6n[nH]c(-c7ccc(CNC(=O)c8nc(C(C)(C)C)no8)c(F)c7)c6c5)cc4)C(C)C3)CC2)cc1. The Bertz CT molecular complexity index is 2600. The third kappa shape index (κ3) is 10.3. The molecule has 3 aromatic heterocycles. The highest BCUT2D eigenvalue weighted by Crippen LogP contribution is 2.33. The summed E-state index contributed by atoms with van der Waals surface area (Å²) in [5.74, 6) is -0.0888. The first-order chi connectivity index (χ1) is 31.4. The van der Waals surface area contributed by atoms with E-state index in [2.05, 4.69) is 94.0 Å². The van der Waals surface area contributed by atoms with E-state index < -0.39 is 11.7 Å². The minimum absolute atomic E-state index is 0.0483. The number of aldehydes is 1. The quantitative estimate of drug-likeness (QED) is 0.0922. The lowest BCUT2D eigenvalue weighted by Gasteiger charge is -2.42. The van der Waals surface area contributed by atoms with Gasteiger partial charge >= 0.3 is 17.8 Å². The van der Waals surface area contributed by atoms with Gasteiger partial charge in [0.2, 0.25) is 0 Å². The third-order valence-corrected chi connectivity index (χ3v) is 12.6. The fourth-order valence-electron chi connectivity index (χ4n) is 8.81. The summed E-state index contributed by atoms with van der Waals surface area (Å²) in [6, 6.07) is 23.8. The number of hydrogen-bond acceptors (Lipinski definition) is 11. The number of urea groups is 1. The van der Waals surface area contributed by atoms with Gasteiger partial charge in [-0.2, -0.15) is 10.1 Å². The Morgan fingerprint density at radius 1 is 0.954 bits per heavy atom. The lowest BCUT2D eigenvalue weighted by molar-refractivity contribution is -0.107. The molecule has 2 aliphatic heterocycles. The number of rotatable bonds is 14. The molecule has 8 rings (SSSR count). The maximum atomic E-state index is 15.4. The van der Waals surface area contributed by atoms with Crippen LogP contribution < -0.4 is 25.3 Å². The molecule has 6 aromatic rings. The second kappa shape index (κ2) is 19.6. The Morgan fingerprint density at radius 3 is 2.37 bits per heavy atom. The molecule has 3 aromatic carbocycles. The van der Waals surface area contributed by atoms with Crippen LogP contribution in [-0.4, -0.2) is 107 Å². The van der Waals surface area contributed by atoms with Crippen LogP contribution in [0.15, 0.2) is 83.5 Å². The Morgan fingerprint density at radius 2 is 1.69 bits per heavy atom. The number of hydrogen-bond donors (Lipinski definition) is 3. The molecular weight excluding hydrogens is 826 g/mol. The van der Waals surface area contributed by atoms with Crippen LogP contribution in [0.5, 0.6) is 0 Å².